The van der Waals surface area contributed by atoms with E-state index in [1.807, 2.05) is 20.8 Å². The van der Waals surface area contributed by atoms with Gasteiger partial charge in [-0.05, 0) is 30.5 Å². The van der Waals surface area contributed by atoms with Gasteiger partial charge in [-0.3, -0.25) is 0 Å². The molecule has 3 nitrogen and oxygen atoms in total. The van der Waals surface area contributed by atoms with Gasteiger partial charge in [0.1, 0.15) is 10.7 Å². The Balaban J connectivity index is 2.73. The summed E-state index contributed by atoms with van der Waals surface area (Å²) in [5.74, 6) is -0.728. The minimum atomic E-state index is -0.487. The van der Waals surface area contributed by atoms with Crippen LogP contribution in [0.2, 0.25) is 0 Å². The van der Waals surface area contributed by atoms with Crippen molar-refractivity contribution in [1.29, 1.82) is 0 Å². The number of aryl methyl sites for hydroxylation is 1. The summed E-state index contributed by atoms with van der Waals surface area (Å²) < 4.78 is 18.9. The first kappa shape index (κ1) is 15.5. The number of anilines is 1. The van der Waals surface area contributed by atoms with E-state index in [-0.39, 0.29) is 11.7 Å². The van der Waals surface area contributed by atoms with Crippen LogP contribution in [-0.2, 0) is 4.74 Å². The molecule has 1 aromatic carbocycles. The lowest BCUT2D eigenvalue weighted by Gasteiger charge is -2.10. The Hall–Kier alpha value is -1.88. The maximum absolute atomic E-state index is 14.2. The molecule has 0 unspecified atom stereocenters. The van der Waals surface area contributed by atoms with Crippen molar-refractivity contribution >= 4 is 23.0 Å². The highest BCUT2D eigenvalue weighted by Gasteiger charge is 2.25. The van der Waals surface area contributed by atoms with Crippen LogP contribution in [0.4, 0.5) is 10.1 Å². The zero-order valence-corrected chi connectivity index (χ0v) is 13.3. The predicted molar refractivity (Wildman–Crippen MR) is 84.3 cm³/mol. The van der Waals surface area contributed by atoms with E-state index in [4.69, 9.17) is 10.5 Å². The third-order valence-corrected chi connectivity index (χ3v) is 4.53. The molecule has 21 heavy (non-hydrogen) atoms. The highest BCUT2D eigenvalue weighted by atomic mass is 32.1. The van der Waals surface area contributed by atoms with Crippen molar-refractivity contribution in [3.05, 3.63) is 40.0 Å². The highest BCUT2D eigenvalue weighted by molar-refractivity contribution is 7.18. The third kappa shape index (κ3) is 2.78. The minimum Gasteiger partial charge on any atom is -0.465 e. The average Bonchev–Trinajstić information content (AvgIpc) is 2.78. The highest BCUT2D eigenvalue weighted by Crippen LogP contribution is 2.43. The maximum Gasteiger partial charge on any atom is 0.350 e. The summed E-state index contributed by atoms with van der Waals surface area (Å²) in [5.41, 5.74) is 8.71. The van der Waals surface area contributed by atoms with Crippen molar-refractivity contribution in [2.24, 2.45) is 0 Å². The van der Waals surface area contributed by atoms with Crippen molar-refractivity contribution in [2.75, 3.05) is 12.8 Å². The van der Waals surface area contributed by atoms with Crippen LogP contribution in [0.5, 0.6) is 0 Å². The Morgan fingerprint density at radius 1 is 1.38 bits per heavy atom. The molecule has 5 heteroatoms. The molecule has 0 aliphatic heterocycles. The zero-order chi connectivity index (χ0) is 15.7. The van der Waals surface area contributed by atoms with Crippen molar-refractivity contribution in [1.82, 2.24) is 0 Å². The molecule has 0 fully saturated rings. The minimum absolute atomic E-state index is 0.0783. The molecule has 2 rings (SSSR count). The summed E-state index contributed by atoms with van der Waals surface area (Å²) in [6.45, 7) is 5.84. The van der Waals surface area contributed by atoms with Crippen LogP contribution in [0.1, 0.15) is 40.6 Å². The Kier molecular flexibility index (Phi) is 4.32. The molecule has 112 valence electrons. The number of nitrogens with two attached hydrogens (primary N) is 1. The van der Waals surface area contributed by atoms with E-state index in [0.29, 0.717) is 21.0 Å². The molecule has 0 amide bonds. The number of carbonyl (C=O) groups is 1. The van der Waals surface area contributed by atoms with Crippen molar-refractivity contribution in [2.45, 2.75) is 26.7 Å². The molecule has 2 N–H and O–H groups in total. The molecule has 0 saturated heterocycles. The number of benzene rings is 1. The number of methoxy groups -OCH3 is 1. The molecule has 0 radical (unpaired) electrons. The second-order valence-corrected chi connectivity index (χ2v) is 6.24. The number of halogens is 1. The fourth-order valence-corrected chi connectivity index (χ4v) is 3.60. The van der Waals surface area contributed by atoms with E-state index in [2.05, 4.69) is 0 Å². The van der Waals surface area contributed by atoms with Gasteiger partial charge in [0, 0.05) is 10.4 Å². The van der Waals surface area contributed by atoms with E-state index in [1.165, 1.54) is 24.5 Å². The Morgan fingerprint density at radius 2 is 2.05 bits per heavy atom. The lowest BCUT2D eigenvalue weighted by Crippen LogP contribution is -2.03. The largest absolute Gasteiger partial charge is 0.465 e. The number of thiophene rings is 1. The number of nitrogen functional groups attached to an aromatic ring is 1. The van der Waals surface area contributed by atoms with E-state index >= 15 is 0 Å². The fourth-order valence-electron chi connectivity index (χ4n) is 2.29. The van der Waals surface area contributed by atoms with Crippen molar-refractivity contribution in [3.8, 4) is 10.4 Å². The molecule has 1 aromatic heterocycles. The molecular weight excluding hydrogens is 289 g/mol. The number of carbonyl (C=O) groups excluding carboxylic acids is 1. The van der Waals surface area contributed by atoms with Gasteiger partial charge in [-0.15, -0.1) is 11.3 Å². The van der Waals surface area contributed by atoms with Gasteiger partial charge in [-0.25, -0.2) is 9.18 Å². The number of hydrogen-bond donors (Lipinski definition) is 1. The van der Waals surface area contributed by atoms with E-state index < -0.39 is 5.97 Å². The molecule has 0 saturated carbocycles. The zero-order valence-electron chi connectivity index (χ0n) is 12.5. The van der Waals surface area contributed by atoms with Crippen LogP contribution < -0.4 is 5.73 Å². The molecular formula is C16H18FNO2S. The van der Waals surface area contributed by atoms with Crippen LogP contribution in [0.3, 0.4) is 0 Å². The van der Waals surface area contributed by atoms with Gasteiger partial charge >= 0.3 is 5.97 Å². The second-order valence-electron chi connectivity index (χ2n) is 5.22. The summed E-state index contributed by atoms with van der Waals surface area (Å²) in [6, 6.07) is 4.92. The van der Waals surface area contributed by atoms with Crippen LogP contribution in [0.15, 0.2) is 18.2 Å². The van der Waals surface area contributed by atoms with Gasteiger partial charge in [0.2, 0.25) is 0 Å². The summed E-state index contributed by atoms with van der Waals surface area (Å²) in [4.78, 5) is 12.8. The molecule has 2 aromatic rings. The van der Waals surface area contributed by atoms with Crippen LogP contribution >= 0.6 is 11.3 Å². The molecule has 0 spiro atoms. The lowest BCUT2D eigenvalue weighted by molar-refractivity contribution is 0.0607. The first-order chi connectivity index (χ1) is 9.86. The van der Waals surface area contributed by atoms with E-state index in [1.54, 1.807) is 12.1 Å². The number of rotatable bonds is 3. The van der Waals surface area contributed by atoms with Gasteiger partial charge in [0.05, 0.1) is 12.8 Å². The number of ether oxygens (including phenoxy) is 1. The number of esters is 1. The van der Waals surface area contributed by atoms with Crippen LogP contribution in [-0.4, -0.2) is 13.1 Å². The van der Waals surface area contributed by atoms with E-state index in [0.717, 1.165) is 11.1 Å². The SMILES string of the molecule is COC(=O)c1sc(-c2cc(C)ccc2F)c(C(C)C)c1N. The van der Waals surface area contributed by atoms with Gasteiger partial charge in [0.25, 0.3) is 0 Å². The average molecular weight is 307 g/mol. The Morgan fingerprint density at radius 3 is 2.62 bits per heavy atom. The molecule has 0 bridgehead atoms. The summed E-state index contributed by atoms with van der Waals surface area (Å²) in [5, 5.41) is 0. The quantitative estimate of drug-likeness (QED) is 0.857. The summed E-state index contributed by atoms with van der Waals surface area (Å²) in [7, 11) is 1.31. The monoisotopic (exact) mass is 307 g/mol. The normalized spacial score (nSPS) is 11.0. The van der Waals surface area contributed by atoms with Crippen LogP contribution in [0, 0.1) is 12.7 Å². The molecule has 0 aliphatic rings. The second kappa shape index (κ2) is 5.85. The number of hydrogen-bond acceptors (Lipinski definition) is 4. The summed E-state index contributed by atoms with van der Waals surface area (Å²) in [6.07, 6.45) is 0. The Labute approximate surface area is 127 Å². The van der Waals surface area contributed by atoms with Crippen LogP contribution in [0.25, 0.3) is 10.4 Å². The first-order valence-electron chi connectivity index (χ1n) is 6.63. The van der Waals surface area contributed by atoms with Gasteiger partial charge in [0.15, 0.2) is 0 Å². The maximum atomic E-state index is 14.2. The molecule has 0 aliphatic carbocycles. The van der Waals surface area contributed by atoms with Crippen molar-refractivity contribution in [3.63, 3.8) is 0 Å². The smallest absolute Gasteiger partial charge is 0.350 e. The fraction of sp³-hybridized carbons (Fsp3) is 0.312. The standard InChI is InChI=1S/C16H18FNO2S/c1-8(2)12-13(18)15(16(19)20-4)21-14(12)10-7-9(3)5-6-11(10)17/h5-8H,18H2,1-4H3. The van der Waals surface area contributed by atoms with Crippen molar-refractivity contribution < 1.29 is 13.9 Å². The van der Waals surface area contributed by atoms with Gasteiger partial charge < -0.3 is 10.5 Å². The van der Waals surface area contributed by atoms with Gasteiger partial charge in [-0.1, -0.05) is 25.5 Å². The third-order valence-electron chi connectivity index (χ3n) is 3.30. The first-order valence-corrected chi connectivity index (χ1v) is 7.45. The van der Waals surface area contributed by atoms with E-state index in [9.17, 15) is 9.18 Å². The molecule has 1 heterocycles. The Bertz CT molecular complexity index is 692. The molecule has 0 atom stereocenters. The van der Waals surface area contributed by atoms with Gasteiger partial charge in [-0.2, -0.15) is 0 Å². The lowest BCUT2D eigenvalue weighted by atomic mass is 9.97. The topological polar surface area (TPSA) is 52.3 Å². The summed E-state index contributed by atoms with van der Waals surface area (Å²) >= 11 is 1.18. The predicted octanol–water partition coefficient (Wildman–Crippen LogP) is 4.35.